The van der Waals surface area contributed by atoms with Crippen LogP contribution in [-0.4, -0.2) is 51.7 Å². The van der Waals surface area contributed by atoms with Gasteiger partial charge in [-0.15, -0.1) is 0 Å². The van der Waals surface area contributed by atoms with Crippen LogP contribution in [0.25, 0.3) is 5.69 Å². The fourth-order valence-corrected chi connectivity index (χ4v) is 3.39. The molecule has 0 aliphatic carbocycles. The molecular formula is C19H23N3O3. The van der Waals surface area contributed by atoms with Crippen molar-refractivity contribution < 1.29 is 14.3 Å². The van der Waals surface area contributed by atoms with Crippen LogP contribution in [0.4, 0.5) is 0 Å². The highest BCUT2D eigenvalue weighted by Crippen LogP contribution is 2.20. The zero-order chi connectivity index (χ0) is 18.1. The quantitative estimate of drug-likeness (QED) is 0.635. The number of Topliss-reactive ketones (excluding diaryl/α,β-unsaturated/α-hetero) is 1. The maximum atomic E-state index is 12.9. The molecule has 0 N–H and O–H groups in total. The third kappa shape index (κ3) is 3.35. The van der Waals surface area contributed by atoms with E-state index in [9.17, 15) is 9.59 Å². The molecule has 6 nitrogen and oxygen atoms in total. The predicted molar refractivity (Wildman–Crippen MR) is 94.0 cm³/mol. The first-order valence-electron chi connectivity index (χ1n) is 8.49. The van der Waals surface area contributed by atoms with Crippen molar-refractivity contribution in [1.29, 1.82) is 0 Å². The first-order valence-corrected chi connectivity index (χ1v) is 8.49. The molecule has 3 rings (SSSR count). The van der Waals surface area contributed by atoms with Gasteiger partial charge in [-0.1, -0.05) is 18.2 Å². The number of aromatic nitrogens is 2. The molecule has 6 heteroatoms. The van der Waals surface area contributed by atoms with Crippen LogP contribution >= 0.6 is 0 Å². The van der Waals surface area contributed by atoms with Crippen molar-refractivity contribution in [3.05, 3.63) is 47.3 Å². The predicted octanol–water partition coefficient (Wildman–Crippen LogP) is 2.31. The molecule has 0 spiro atoms. The molecule has 2 aromatic rings. The summed E-state index contributed by atoms with van der Waals surface area (Å²) >= 11 is 0. The number of ketones is 1. The Kier molecular flexibility index (Phi) is 4.72. The maximum Gasteiger partial charge on any atom is 0.295 e. The van der Waals surface area contributed by atoms with E-state index in [2.05, 4.69) is 5.10 Å². The summed E-state index contributed by atoms with van der Waals surface area (Å²) in [4.78, 5) is 27.2. The topological polar surface area (TPSA) is 64.4 Å². The van der Waals surface area contributed by atoms with Crippen molar-refractivity contribution in [2.45, 2.75) is 39.9 Å². The fourth-order valence-electron chi connectivity index (χ4n) is 3.39. The standard InChI is InChI=1S/C19H23N3O3/c1-12-10-21(11-13(2)25-12)19(24)18(23)17-14(3)20-22(15(17)4)16-8-6-5-7-9-16/h5-9,12-13H,10-11H2,1-4H3/t12-,13-/m0/s1. The van der Waals surface area contributed by atoms with Gasteiger partial charge in [0.2, 0.25) is 0 Å². The second-order valence-electron chi connectivity index (χ2n) is 6.59. The van der Waals surface area contributed by atoms with E-state index in [-0.39, 0.29) is 12.2 Å². The van der Waals surface area contributed by atoms with Gasteiger partial charge in [-0.2, -0.15) is 5.10 Å². The minimum absolute atomic E-state index is 0.0743. The third-order valence-corrected chi connectivity index (χ3v) is 4.42. The van der Waals surface area contributed by atoms with Gasteiger partial charge in [0.25, 0.3) is 11.7 Å². The van der Waals surface area contributed by atoms with E-state index in [0.717, 1.165) is 5.69 Å². The minimum atomic E-state index is -0.501. The highest BCUT2D eigenvalue weighted by atomic mass is 16.5. The molecule has 1 aliphatic rings. The number of aryl methyl sites for hydroxylation is 1. The van der Waals surface area contributed by atoms with E-state index < -0.39 is 11.7 Å². The average molecular weight is 341 g/mol. The van der Waals surface area contributed by atoms with Gasteiger partial charge in [0, 0.05) is 13.1 Å². The number of benzene rings is 1. The number of hydrogen-bond acceptors (Lipinski definition) is 4. The number of carbonyl (C=O) groups excluding carboxylic acids is 2. The van der Waals surface area contributed by atoms with Crippen molar-refractivity contribution in [3.63, 3.8) is 0 Å². The molecule has 1 saturated heterocycles. The van der Waals surface area contributed by atoms with E-state index in [4.69, 9.17) is 4.74 Å². The molecule has 1 aromatic carbocycles. The monoisotopic (exact) mass is 341 g/mol. The van der Waals surface area contributed by atoms with Gasteiger partial charge in [-0.25, -0.2) is 4.68 Å². The van der Waals surface area contributed by atoms with Crippen LogP contribution in [0.15, 0.2) is 30.3 Å². The second kappa shape index (κ2) is 6.80. The number of ether oxygens (including phenoxy) is 1. The molecule has 132 valence electrons. The SMILES string of the molecule is Cc1nn(-c2ccccc2)c(C)c1C(=O)C(=O)N1C[C@H](C)O[C@@H](C)C1. The van der Waals surface area contributed by atoms with Crippen molar-refractivity contribution in [1.82, 2.24) is 14.7 Å². The Morgan fingerprint density at radius 2 is 1.68 bits per heavy atom. The lowest BCUT2D eigenvalue weighted by molar-refractivity contribution is -0.138. The number of carbonyl (C=O) groups is 2. The van der Waals surface area contributed by atoms with Crippen LogP contribution in [-0.2, 0) is 9.53 Å². The van der Waals surface area contributed by atoms with Gasteiger partial charge in [0.1, 0.15) is 0 Å². The van der Waals surface area contributed by atoms with Crippen LogP contribution in [0.1, 0.15) is 35.6 Å². The van der Waals surface area contributed by atoms with Crippen molar-refractivity contribution >= 4 is 11.7 Å². The number of morpholine rings is 1. The third-order valence-electron chi connectivity index (χ3n) is 4.42. The normalized spacial score (nSPS) is 20.6. The molecule has 0 unspecified atom stereocenters. The number of rotatable bonds is 3. The van der Waals surface area contributed by atoms with Gasteiger partial charge >= 0.3 is 0 Å². The molecule has 0 bridgehead atoms. The van der Waals surface area contributed by atoms with E-state index in [0.29, 0.717) is 30.0 Å². The van der Waals surface area contributed by atoms with Crippen LogP contribution in [0.5, 0.6) is 0 Å². The number of hydrogen-bond donors (Lipinski definition) is 0. The Balaban J connectivity index is 1.90. The van der Waals surface area contributed by atoms with E-state index in [1.807, 2.05) is 51.1 Å². The molecule has 2 heterocycles. The van der Waals surface area contributed by atoms with E-state index >= 15 is 0 Å². The summed E-state index contributed by atoms with van der Waals surface area (Å²) in [6.07, 6.45) is -0.149. The smallest absolute Gasteiger partial charge is 0.295 e. The van der Waals surface area contributed by atoms with Gasteiger partial charge in [0.15, 0.2) is 0 Å². The maximum absolute atomic E-state index is 12.9. The first-order chi connectivity index (χ1) is 11.9. The molecule has 1 aliphatic heterocycles. The summed E-state index contributed by atoms with van der Waals surface area (Å²) in [5.41, 5.74) is 2.49. The zero-order valence-electron chi connectivity index (χ0n) is 15.0. The Hall–Kier alpha value is -2.47. The molecule has 1 amide bonds. The summed E-state index contributed by atoms with van der Waals surface area (Å²) < 4.78 is 7.35. The van der Waals surface area contributed by atoms with Crippen LogP contribution in [0, 0.1) is 13.8 Å². The molecule has 25 heavy (non-hydrogen) atoms. The van der Waals surface area contributed by atoms with Crippen molar-refractivity contribution in [2.75, 3.05) is 13.1 Å². The molecule has 1 aromatic heterocycles. The number of amides is 1. The minimum Gasteiger partial charge on any atom is -0.372 e. The van der Waals surface area contributed by atoms with Crippen LogP contribution in [0.3, 0.4) is 0 Å². The summed E-state index contributed by atoms with van der Waals surface area (Å²) in [6.45, 7) is 8.25. The van der Waals surface area contributed by atoms with E-state index in [1.54, 1.807) is 16.5 Å². The Morgan fingerprint density at radius 3 is 2.28 bits per heavy atom. The Labute approximate surface area is 147 Å². The summed E-state index contributed by atoms with van der Waals surface area (Å²) in [5, 5.41) is 4.46. The molecular weight excluding hydrogens is 318 g/mol. The lowest BCUT2D eigenvalue weighted by atomic mass is 10.1. The second-order valence-corrected chi connectivity index (χ2v) is 6.59. The average Bonchev–Trinajstić information content (AvgIpc) is 2.88. The highest BCUT2D eigenvalue weighted by molar-refractivity contribution is 6.43. The van der Waals surface area contributed by atoms with Gasteiger partial charge in [0.05, 0.1) is 34.8 Å². The first kappa shape index (κ1) is 17.4. The summed E-state index contributed by atoms with van der Waals surface area (Å²) in [7, 11) is 0. The summed E-state index contributed by atoms with van der Waals surface area (Å²) in [6, 6.07) is 9.58. The lowest BCUT2D eigenvalue weighted by Gasteiger charge is -2.34. The molecule has 1 fully saturated rings. The van der Waals surface area contributed by atoms with Gasteiger partial charge in [-0.3, -0.25) is 9.59 Å². The largest absolute Gasteiger partial charge is 0.372 e. The molecule has 0 radical (unpaired) electrons. The van der Waals surface area contributed by atoms with Crippen LogP contribution < -0.4 is 0 Å². The van der Waals surface area contributed by atoms with Crippen LogP contribution in [0.2, 0.25) is 0 Å². The van der Waals surface area contributed by atoms with Crippen molar-refractivity contribution in [2.24, 2.45) is 0 Å². The highest BCUT2D eigenvalue weighted by Gasteiger charge is 2.33. The fraction of sp³-hybridized carbons (Fsp3) is 0.421. The Bertz CT molecular complexity index is 788. The van der Waals surface area contributed by atoms with E-state index in [1.165, 1.54) is 0 Å². The zero-order valence-corrected chi connectivity index (χ0v) is 15.0. The molecule has 0 saturated carbocycles. The molecule has 2 atom stereocenters. The van der Waals surface area contributed by atoms with Crippen molar-refractivity contribution in [3.8, 4) is 5.69 Å². The number of para-hydroxylation sites is 1. The van der Waals surface area contributed by atoms with Gasteiger partial charge in [-0.05, 0) is 39.8 Å². The summed E-state index contributed by atoms with van der Waals surface area (Å²) in [5.74, 6) is -0.987. The Morgan fingerprint density at radius 1 is 1.08 bits per heavy atom. The van der Waals surface area contributed by atoms with Gasteiger partial charge < -0.3 is 9.64 Å². The number of nitrogens with zero attached hydrogens (tertiary/aromatic N) is 3. The lowest BCUT2D eigenvalue weighted by Crippen LogP contribution is -2.50.